The summed E-state index contributed by atoms with van der Waals surface area (Å²) < 4.78 is 13.4. The average Bonchev–Trinajstić information content (AvgIpc) is 2.72. The Labute approximate surface area is 107 Å². The number of amides is 1. The fraction of sp³-hybridized carbons (Fsp3) is 0.167. The van der Waals surface area contributed by atoms with Crippen molar-refractivity contribution in [3.63, 3.8) is 0 Å². The molecule has 4 nitrogen and oxygen atoms in total. The van der Waals surface area contributed by atoms with Gasteiger partial charge >= 0.3 is 0 Å². The molecular formula is C12H11FN2O2S. The van der Waals surface area contributed by atoms with Crippen molar-refractivity contribution < 1.29 is 14.3 Å². The van der Waals surface area contributed by atoms with Gasteiger partial charge in [-0.1, -0.05) is 0 Å². The second-order valence-electron chi connectivity index (χ2n) is 3.69. The number of nitrogens with zero attached hydrogens (tertiary/aromatic N) is 1. The summed E-state index contributed by atoms with van der Waals surface area (Å²) in [5.74, 6) is -1.46. The predicted octanol–water partition coefficient (Wildman–Crippen LogP) is 2.23. The number of carbonyl (C=O) groups excluding carboxylic acids is 1. The number of hydrogen-bond acceptors (Lipinski definition) is 4. The van der Waals surface area contributed by atoms with Crippen LogP contribution in [0.25, 0.3) is 0 Å². The third-order valence-electron chi connectivity index (χ3n) is 2.29. The molecule has 0 radical (unpaired) electrons. The van der Waals surface area contributed by atoms with Crippen LogP contribution in [0, 0.1) is 12.7 Å². The number of halogens is 1. The predicted molar refractivity (Wildman–Crippen MR) is 66.1 cm³/mol. The number of phenolic OH excluding ortho intramolecular Hbond substituents is 1. The minimum atomic E-state index is -0.743. The number of rotatable bonds is 3. The van der Waals surface area contributed by atoms with Crippen LogP contribution in [-0.4, -0.2) is 16.0 Å². The van der Waals surface area contributed by atoms with E-state index in [1.54, 1.807) is 6.20 Å². The molecule has 0 aliphatic heterocycles. The fourth-order valence-electron chi connectivity index (χ4n) is 1.44. The maximum absolute atomic E-state index is 13.4. The Bertz CT molecular complexity index is 583. The molecule has 1 aromatic heterocycles. The van der Waals surface area contributed by atoms with E-state index < -0.39 is 11.7 Å². The van der Waals surface area contributed by atoms with Gasteiger partial charge in [0.2, 0.25) is 0 Å². The average molecular weight is 266 g/mol. The van der Waals surface area contributed by atoms with Crippen molar-refractivity contribution in [2.75, 3.05) is 0 Å². The SMILES string of the molecule is Cc1ncc(CNC(=O)c2ccc(O)cc2F)s1. The third kappa shape index (κ3) is 2.84. The summed E-state index contributed by atoms with van der Waals surface area (Å²) in [5.41, 5.74) is -0.0889. The molecule has 0 saturated carbocycles. The number of aryl methyl sites for hydroxylation is 1. The zero-order chi connectivity index (χ0) is 13.1. The number of nitrogens with one attached hydrogen (secondary N) is 1. The van der Waals surface area contributed by atoms with Crippen LogP contribution < -0.4 is 5.32 Å². The van der Waals surface area contributed by atoms with Gasteiger partial charge in [0.15, 0.2) is 0 Å². The van der Waals surface area contributed by atoms with E-state index in [0.717, 1.165) is 16.0 Å². The van der Waals surface area contributed by atoms with Crippen LogP contribution in [-0.2, 0) is 6.54 Å². The Morgan fingerprint density at radius 2 is 2.33 bits per heavy atom. The summed E-state index contributed by atoms with van der Waals surface area (Å²) in [6.45, 7) is 2.18. The van der Waals surface area contributed by atoms with Crippen molar-refractivity contribution in [1.82, 2.24) is 10.3 Å². The van der Waals surface area contributed by atoms with E-state index in [4.69, 9.17) is 5.11 Å². The van der Waals surface area contributed by atoms with Gasteiger partial charge in [0.05, 0.1) is 17.1 Å². The van der Waals surface area contributed by atoms with Crippen LogP contribution in [0.3, 0.4) is 0 Å². The van der Waals surface area contributed by atoms with Gasteiger partial charge in [0.1, 0.15) is 11.6 Å². The maximum atomic E-state index is 13.4. The number of phenols is 1. The molecule has 0 fully saturated rings. The van der Waals surface area contributed by atoms with Gasteiger partial charge in [-0.2, -0.15) is 0 Å². The number of aromatic nitrogens is 1. The van der Waals surface area contributed by atoms with Crippen LogP contribution in [0.4, 0.5) is 4.39 Å². The molecule has 0 aliphatic carbocycles. The smallest absolute Gasteiger partial charge is 0.254 e. The molecule has 94 valence electrons. The van der Waals surface area contributed by atoms with Crippen molar-refractivity contribution in [1.29, 1.82) is 0 Å². The van der Waals surface area contributed by atoms with Gasteiger partial charge < -0.3 is 10.4 Å². The van der Waals surface area contributed by atoms with Gasteiger partial charge in [-0.05, 0) is 19.1 Å². The standard InChI is InChI=1S/C12H11FN2O2S/c1-7-14-5-9(18-7)6-15-12(17)10-3-2-8(16)4-11(10)13/h2-5,16H,6H2,1H3,(H,15,17). The zero-order valence-corrected chi connectivity index (χ0v) is 10.4. The topological polar surface area (TPSA) is 62.2 Å². The summed E-state index contributed by atoms with van der Waals surface area (Å²) in [5, 5.41) is 12.6. The highest BCUT2D eigenvalue weighted by Gasteiger charge is 2.12. The summed E-state index contributed by atoms with van der Waals surface area (Å²) in [4.78, 5) is 16.7. The summed E-state index contributed by atoms with van der Waals surface area (Å²) >= 11 is 1.47. The highest BCUT2D eigenvalue weighted by atomic mass is 32.1. The molecular weight excluding hydrogens is 255 g/mol. The van der Waals surface area contributed by atoms with E-state index in [2.05, 4.69) is 10.3 Å². The van der Waals surface area contributed by atoms with Gasteiger partial charge in [-0.15, -0.1) is 11.3 Å². The molecule has 0 bridgehead atoms. The van der Waals surface area contributed by atoms with Gasteiger partial charge in [0, 0.05) is 17.1 Å². The first-order valence-electron chi connectivity index (χ1n) is 5.24. The van der Waals surface area contributed by atoms with E-state index >= 15 is 0 Å². The van der Waals surface area contributed by atoms with E-state index in [1.807, 2.05) is 6.92 Å². The van der Waals surface area contributed by atoms with Crippen molar-refractivity contribution in [3.8, 4) is 5.75 Å². The van der Waals surface area contributed by atoms with Gasteiger partial charge in [-0.25, -0.2) is 9.37 Å². The normalized spacial score (nSPS) is 10.3. The fourth-order valence-corrected chi connectivity index (χ4v) is 2.17. The Morgan fingerprint density at radius 1 is 1.56 bits per heavy atom. The minimum Gasteiger partial charge on any atom is -0.508 e. The van der Waals surface area contributed by atoms with Crippen LogP contribution in [0.15, 0.2) is 24.4 Å². The van der Waals surface area contributed by atoms with Crippen LogP contribution in [0.2, 0.25) is 0 Å². The number of carbonyl (C=O) groups is 1. The second-order valence-corrected chi connectivity index (χ2v) is 5.01. The number of benzene rings is 1. The number of aromatic hydroxyl groups is 1. The zero-order valence-electron chi connectivity index (χ0n) is 9.61. The molecule has 6 heteroatoms. The number of thiazole rings is 1. The molecule has 0 unspecified atom stereocenters. The molecule has 0 spiro atoms. The first-order valence-corrected chi connectivity index (χ1v) is 6.06. The largest absolute Gasteiger partial charge is 0.508 e. The van der Waals surface area contributed by atoms with Crippen LogP contribution in [0.1, 0.15) is 20.2 Å². The molecule has 2 rings (SSSR count). The molecule has 1 amide bonds. The second kappa shape index (κ2) is 5.14. The molecule has 0 saturated heterocycles. The summed E-state index contributed by atoms with van der Waals surface area (Å²) in [7, 11) is 0. The lowest BCUT2D eigenvalue weighted by molar-refractivity contribution is 0.0947. The molecule has 0 atom stereocenters. The first-order chi connectivity index (χ1) is 8.56. The third-order valence-corrected chi connectivity index (χ3v) is 3.20. The van der Waals surface area contributed by atoms with Crippen molar-refractivity contribution in [2.24, 2.45) is 0 Å². The van der Waals surface area contributed by atoms with Crippen LogP contribution in [0.5, 0.6) is 5.75 Å². The molecule has 1 aromatic carbocycles. The van der Waals surface area contributed by atoms with E-state index in [9.17, 15) is 9.18 Å². The van der Waals surface area contributed by atoms with Crippen LogP contribution >= 0.6 is 11.3 Å². The lowest BCUT2D eigenvalue weighted by Crippen LogP contribution is -2.23. The van der Waals surface area contributed by atoms with E-state index in [-0.39, 0.29) is 11.3 Å². The van der Waals surface area contributed by atoms with Gasteiger partial charge in [0.25, 0.3) is 5.91 Å². The summed E-state index contributed by atoms with van der Waals surface area (Å²) in [6, 6.07) is 3.43. The van der Waals surface area contributed by atoms with E-state index in [1.165, 1.54) is 23.5 Å². The highest BCUT2D eigenvalue weighted by molar-refractivity contribution is 7.11. The minimum absolute atomic E-state index is 0.0889. The molecule has 2 aromatic rings. The summed E-state index contributed by atoms with van der Waals surface area (Å²) in [6.07, 6.45) is 1.67. The molecule has 2 N–H and O–H groups in total. The van der Waals surface area contributed by atoms with Crippen molar-refractivity contribution in [2.45, 2.75) is 13.5 Å². The Hall–Kier alpha value is -1.95. The lowest BCUT2D eigenvalue weighted by Gasteiger charge is -2.04. The van der Waals surface area contributed by atoms with E-state index in [0.29, 0.717) is 6.54 Å². The van der Waals surface area contributed by atoms with Crippen molar-refractivity contribution in [3.05, 3.63) is 45.7 Å². The lowest BCUT2D eigenvalue weighted by atomic mass is 10.2. The monoisotopic (exact) mass is 266 g/mol. The Kier molecular flexibility index (Phi) is 3.57. The molecule has 18 heavy (non-hydrogen) atoms. The Balaban J connectivity index is 2.03. The quantitative estimate of drug-likeness (QED) is 0.895. The van der Waals surface area contributed by atoms with Gasteiger partial charge in [-0.3, -0.25) is 4.79 Å². The number of hydrogen-bond donors (Lipinski definition) is 2. The van der Waals surface area contributed by atoms with Crippen molar-refractivity contribution >= 4 is 17.2 Å². The molecule has 1 heterocycles. The highest BCUT2D eigenvalue weighted by Crippen LogP contribution is 2.15. The molecule has 0 aliphatic rings. The Morgan fingerprint density at radius 3 is 2.94 bits per heavy atom. The maximum Gasteiger partial charge on any atom is 0.254 e. The first kappa shape index (κ1) is 12.5.